The Morgan fingerprint density at radius 1 is 1.26 bits per heavy atom. The van der Waals surface area contributed by atoms with E-state index in [0.29, 0.717) is 41.4 Å². The lowest BCUT2D eigenvalue weighted by Crippen LogP contribution is -2.35. The van der Waals surface area contributed by atoms with Gasteiger partial charge in [-0.05, 0) is 44.2 Å². The van der Waals surface area contributed by atoms with Gasteiger partial charge in [-0.15, -0.1) is 0 Å². The quantitative estimate of drug-likeness (QED) is 0.487. The number of methoxy groups -OCH3 is 1. The average molecular weight is 470 g/mol. The standard InChI is InChI=1S/C23H28FN7O3/c1-25-20-11-19(28-18-4-3-7-30(23(18)33)15-8-13(24)9-15)29-21-17(12-26-31(20)21)22(32)27-14-5-6-16(10-14)34-2/h3-4,7,11-16,25H,5-6,8-10H2,1-2H3,(H,27,32)(H,28,29). The molecule has 10 nitrogen and oxygen atoms in total. The summed E-state index contributed by atoms with van der Waals surface area (Å²) in [5.74, 6) is 0.734. The molecule has 180 valence electrons. The second-order valence-corrected chi connectivity index (χ2v) is 8.89. The summed E-state index contributed by atoms with van der Waals surface area (Å²) in [7, 11) is 3.42. The fourth-order valence-electron chi connectivity index (χ4n) is 4.69. The smallest absolute Gasteiger partial charge is 0.274 e. The van der Waals surface area contributed by atoms with Crippen LogP contribution < -0.4 is 21.5 Å². The van der Waals surface area contributed by atoms with E-state index in [-0.39, 0.29) is 29.7 Å². The van der Waals surface area contributed by atoms with E-state index in [1.165, 1.54) is 6.20 Å². The highest BCUT2D eigenvalue weighted by molar-refractivity contribution is 6.00. The number of pyridine rings is 1. The van der Waals surface area contributed by atoms with E-state index < -0.39 is 6.17 Å². The molecule has 0 aliphatic heterocycles. The highest BCUT2D eigenvalue weighted by Gasteiger charge is 2.31. The molecule has 11 heteroatoms. The highest BCUT2D eigenvalue weighted by Crippen LogP contribution is 2.33. The molecule has 3 heterocycles. The number of carbonyl (C=O) groups excluding carboxylic acids is 1. The van der Waals surface area contributed by atoms with Gasteiger partial charge in [0.2, 0.25) is 0 Å². The van der Waals surface area contributed by atoms with E-state index in [2.05, 4.69) is 26.0 Å². The van der Waals surface area contributed by atoms with Crippen molar-refractivity contribution in [2.24, 2.45) is 0 Å². The number of nitrogens with zero attached hydrogens (tertiary/aromatic N) is 4. The summed E-state index contributed by atoms with van der Waals surface area (Å²) in [5.41, 5.74) is 0.789. The third-order valence-corrected chi connectivity index (χ3v) is 6.71. The molecule has 0 radical (unpaired) electrons. The van der Waals surface area contributed by atoms with Gasteiger partial charge in [0.25, 0.3) is 11.5 Å². The second-order valence-electron chi connectivity index (χ2n) is 8.89. The van der Waals surface area contributed by atoms with Gasteiger partial charge in [0.15, 0.2) is 5.65 Å². The Bertz CT molecular complexity index is 1270. The predicted molar refractivity (Wildman–Crippen MR) is 126 cm³/mol. The number of hydrogen-bond acceptors (Lipinski definition) is 7. The van der Waals surface area contributed by atoms with Crippen molar-refractivity contribution < 1.29 is 13.9 Å². The van der Waals surface area contributed by atoms with Crippen LogP contribution in [0.25, 0.3) is 5.65 Å². The molecule has 0 saturated heterocycles. The van der Waals surface area contributed by atoms with Crippen LogP contribution in [-0.2, 0) is 4.74 Å². The van der Waals surface area contributed by atoms with Crippen molar-refractivity contribution in [1.29, 1.82) is 0 Å². The third-order valence-electron chi connectivity index (χ3n) is 6.71. The number of nitrogens with one attached hydrogen (secondary N) is 3. The zero-order valence-electron chi connectivity index (χ0n) is 19.1. The fraction of sp³-hybridized carbons (Fsp3) is 0.478. The van der Waals surface area contributed by atoms with Crippen molar-refractivity contribution in [2.75, 3.05) is 24.8 Å². The molecular formula is C23H28FN7O3. The number of halogens is 1. The first-order valence-electron chi connectivity index (χ1n) is 11.5. The maximum absolute atomic E-state index is 13.3. The van der Waals surface area contributed by atoms with Gasteiger partial charge < -0.3 is 25.3 Å². The minimum absolute atomic E-state index is 0.0377. The van der Waals surface area contributed by atoms with E-state index in [1.54, 1.807) is 47.6 Å². The Kier molecular flexibility index (Phi) is 5.94. The molecule has 2 saturated carbocycles. The van der Waals surface area contributed by atoms with E-state index in [1.807, 2.05) is 0 Å². The van der Waals surface area contributed by atoms with Crippen LogP contribution in [0.3, 0.4) is 0 Å². The molecular weight excluding hydrogens is 441 g/mol. The van der Waals surface area contributed by atoms with Crippen LogP contribution in [0.5, 0.6) is 0 Å². The average Bonchev–Trinajstić information content (AvgIpc) is 3.45. The number of hydrogen-bond donors (Lipinski definition) is 3. The van der Waals surface area contributed by atoms with E-state index in [9.17, 15) is 14.0 Å². The number of fused-ring (bicyclic) bond motifs is 1. The Balaban J connectivity index is 1.42. The SMILES string of the molecule is CNc1cc(Nc2cccn(C3CC(F)C3)c2=O)nc2c(C(=O)NC3CCC(OC)C3)cnn12. The Morgan fingerprint density at radius 3 is 2.79 bits per heavy atom. The summed E-state index contributed by atoms with van der Waals surface area (Å²) in [5, 5.41) is 13.5. The van der Waals surface area contributed by atoms with Gasteiger partial charge in [-0.2, -0.15) is 9.61 Å². The summed E-state index contributed by atoms with van der Waals surface area (Å²) < 4.78 is 21.8. The topological polar surface area (TPSA) is 115 Å². The van der Waals surface area contributed by atoms with Gasteiger partial charge in [0, 0.05) is 38.5 Å². The first-order valence-corrected chi connectivity index (χ1v) is 11.5. The molecule has 2 aliphatic carbocycles. The molecule has 2 aliphatic rings. The molecule has 5 rings (SSSR count). The zero-order valence-corrected chi connectivity index (χ0v) is 19.1. The van der Waals surface area contributed by atoms with Crippen molar-refractivity contribution >= 4 is 28.9 Å². The third kappa shape index (κ3) is 4.11. The molecule has 0 aromatic carbocycles. The summed E-state index contributed by atoms with van der Waals surface area (Å²) in [6.45, 7) is 0. The zero-order chi connectivity index (χ0) is 23.8. The van der Waals surface area contributed by atoms with Crippen LogP contribution in [-0.4, -0.2) is 57.5 Å². The van der Waals surface area contributed by atoms with E-state index in [0.717, 1.165) is 19.3 Å². The Labute approximate surface area is 195 Å². The first-order chi connectivity index (χ1) is 16.5. The van der Waals surface area contributed by atoms with Crippen molar-refractivity contribution in [3.05, 3.63) is 46.5 Å². The minimum atomic E-state index is -0.855. The number of carbonyl (C=O) groups is 1. The van der Waals surface area contributed by atoms with E-state index in [4.69, 9.17) is 4.74 Å². The van der Waals surface area contributed by atoms with Crippen LogP contribution in [0.1, 0.15) is 48.5 Å². The summed E-state index contributed by atoms with van der Waals surface area (Å²) in [4.78, 5) is 30.5. The number of amides is 1. The van der Waals surface area contributed by atoms with Gasteiger partial charge in [-0.3, -0.25) is 9.59 Å². The van der Waals surface area contributed by atoms with Gasteiger partial charge in [0.1, 0.15) is 29.1 Å². The Morgan fingerprint density at radius 2 is 2.09 bits per heavy atom. The number of aromatic nitrogens is 4. The molecule has 0 bridgehead atoms. The van der Waals surface area contributed by atoms with E-state index >= 15 is 0 Å². The molecule has 34 heavy (non-hydrogen) atoms. The lowest BCUT2D eigenvalue weighted by atomic mass is 9.90. The van der Waals surface area contributed by atoms with Gasteiger partial charge >= 0.3 is 0 Å². The summed E-state index contributed by atoms with van der Waals surface area (Å²) in [6, 6.07) is 5.02. The molecule has 2 fully saturated rings. The van der Waals surface area contributed by atoms with Crippen LogP contribution in [0.15, 0.2) is 35.4 Å². The molecule has 3 aromatic rings. The van der Waals surface area contributed by atoms with Crippen LogP contribution in [0.4, 0.5) is 21.7 Å². The van der Waals surface area contributed by atoms with Gasteiger partial charge in [-0.25, -0.2) is 9.37 Å². The van der Waals surface area contributed by atoms with Crippen molar-refractivity contribution in [2.45, 2.75) is 56.5 Å². The molecule has 2 atom stereocenters. The summed E-state index contributed by atoms with van der Waals surface area (Å²) >= 11 is 0. The summed E-state index contributed by atoms with van der Waals surface area (Å²) in [6.07, 6.45) is 5.70. The molecule has 3 N–H and O–H groups in total. The first kappa shape index (κ1) is 22.3. The lowest BCUT2D eigenvalue weighted by molar-refractivity contribution is 0.0916. The monoisotopic (exact) mass is 469 g/mol. The maximum atomic E-state index is 13.3. The normalized spacial score (nSPS) is 24.1. The number of alkyl halides is 1. The Hall–Kier alpha value is -3.47. The fourth-order valence-corrected chi connectivity index (χ4v) is 4.69. The number of rotatable bonds is 7. The van der Waals surface area contributed by atoms with Crippen molar-refractivity contribution in [1.82, 2.24) is 24.5 Å². The maximum Gasteiger partial charge on any atom is 0.274 e. The molecule has 2 unspecified atom stereocenters. The molecule has 0 spiro atoms. The highest BCUT2D eigenvalue weighted by atomic mass is 19.1. The number of anilines is 3. The van der Waals surface area contributed by atoms with Crippen molar-refractivity contribution in [3.63, 3.8) is 0 Å². The molecule has 3 aromatic heterocycles. The van der Waals surface area contributed by atoms with Crippen LogP contribution in [0.2, 0.25) is 0 Å². The van der Waals surface area contributed by atoms with Crippen LogP contribution in [0, 0.1) is 0 Å². The molecule has 1 amide bonds. The van der Waals surface area contributed by atoms with Gasteiger partial charge in [-0.1, -0.05) is 0 Å². The van der Waals surface area contributed by atoms with Gasteiger partial charge in [0.05, 0.1) is 12.3 Å². The second kappa shape index (κ2) is 9.05. The minimum Gasteiger partial charge on any atom is -0.381 e. The largest absolute Gasteiger partial charge is 0.381 e. The predicted octanol–water partition coefficient (Wildman–Crippen LogP) is 2.65. The number of ether oxygens (including phenoxy) is 1. The lowest BCUT2D eigenvalue weighted by Gasteiger charge is -2.31. The van der Waals surface area contributed by atoms with Crippen molar-refractivity contribution in [3.8, 4) is 0 Å². The van der Waals surface area contributed by atoms with Crippen LogP contribution >= 0.6 is 0 Å².